The van der Waals surface area contributed by atoms with E-state index in [1.165, 1.54) is 0 Å². The number of hydrogen-bond acceptors (Lipinski definition) is 5. The van der Waals surface area contributed by atoms with Gasteiger partial charge in [0.25, 0.3) is 5.91 Å². The standard InChI is InChI=1S/C17H15NO5/c1-11-3-2-4-13(7-11)23-16(19)9-18-17(20)12-5-6-14-15(8-12)22-10-21-14/h2-8H,9-10H2,1H3,(H,18,20). The van der Waals surface area contributed by atoms with E-state index in [2.05, 4.69) is 5.32 Å². The van der Waals surface area contributed by atoms with Gasteiger partial charge in [-0.3, -0.25) is 4.79 Å². The molecule has 2 aromatic rings. The molecule has 3 rings (SSSR count). The maximum atomic E-state index is 12.0. The topological polar surface area (TPSA) is 73.9 Å². The predicted molar refractivity (Wildman–Crippen MR) is 81.7 cm³/mol. The SMILES string of the molecule is Cc1cccc(OC(=O)CNC(=O)c2ccc3c(c2)OCO3)c1. The first kappa shape index (κ1) is 14.9. The summed E-state index contributed by atoms with van der Waals surface area (Å²) in [6.07, 6.45) is 0. The molecule has 0 saturated heterocycles. The summed E-state index contributed by atoms with van der Waals surface area (Å²) in [5, 5.41) is 2.51. The Balaban J connectivity index is 1.55. The Morgan fingerprint density at radius 3 is 2.78 bits per heavy atom. The second-order valence-electron chi connectivity index (χ2n) is 5.04. The van der Waals surface area contributed by atoms with Crippen LogP contribution in [0.25, 0.3) is 0 Å². The molecule has 118 valence electrons. The Bertz CT molecular complexity index is 756. The van der Waals surface area contributed by atoms with Crippen LogP contribution in [0.4, 0.5) is 0 Å². The van der Waals surface area contributed by atoms with E-state index in [1.54, 1.807) is 36.4 Å². The lowest BCUT2D eigenvalue weighted by Crippen LogP contribution is -2.31. The van der Waals surface area contributed by atoms with Gasteiger partial charge in [0.2, 0.25) is 6.79 Å². The number of carbonyl (C=O) groups excluding carboxylic acids is 2. The summed E-state index contributed by atoms with van der Waals surface area (Å²) in [6, 6.07) is 12.0. The Labute approximate surface area is 133 Å². The van der Waals surface area contributed by atoms with Crippen molar-refractivity contribution >= 4 is 11.9 Å². The molecule has 0 saturated carbocycles. The molecule has 1 amide bonds. The molecule has 0 aliphatic carbocycles. The number of esters is 1. The number of rotatable bonds is 4. The lowest BCUT2D eigenvalue weighted by molar-refractivity contribution is -0.133. The molecule has 0 aromatic heterocycles. The first-order chi connectivity index (χ1) is 11.1. The molecule has 1 aliphatic heterocycles. The van der Waals surface area contributed by atoms with Crippen LogP contribution in [0.1, 0.15) is 15.9 Å². The predicted octanol–water partition coefficient (Wildman–Crippen LogP) is 2.06. The van der Waals surface area contributed by atoms with Crippen LogP contribution >= 0.6 is 0 Å². The molecule has 0 spiro atoms. The van der Waals surface area contributed by atoms with Crippen LogP contribution in [-0.2, 0) is 4.79 Å². The van der Waals surface area contributed by atoms with Gasteiger partial charge in [-0.15, -0.1) is 0 Å². The minimum atomic E-state index is -0.537. The van der Waals surface area contributed by atoms with E-state index in [0.717, 1.165) is 5.56 Å². The van der Waals surface area contributed by atoms with Crippen LogP contribution < -0.4 is 19.5 Å². The number of benzene rings is 2. The van der Waals surface area contributed by atoms with Crippen molar-refractivity contribution in [2.45, 2.75) is 6.92 Å². The summed E-state index contributed by atoms with van der Waals surface area (Å²) in [6.45, 7) is 1.82. The number of ether oxygens (including phenoxy) is 3. The maximum absolute atomic E-state index is 12.0. The van der Waals surface area contributed by atoms with Crippen molar-refractivity contribution in [2.24, 2.45) is 0 Å². The first-order valence-electron chi connectivity index (χ1n) is 7.07. The lowest BCUT2D eigenvalue weighted by Gasteiger charge is -2.07. The third-order valence-electron chi connectivity index (χ3n) is 3.25. The molecule has 2 aromatic carbocycles. The summed E-state index contributed by atoms with van der Waals surface area (Å²) < 4.78 is 15.5. The number of fused-ring (bicyclic) bond motifs is 1. The molecule has 23 heavy (non-hydrogen) atoms. The average Bonchev–Trinajstić information content (AvgIpc) is 3.00. The Morgan fingerprint density at radius 1 is 1.13 bits per heavy atom. The second-order valence-corrected chi connectivity index (χ2v) is 5.04. The summed E-state index contributed by atoms with van der Waals surface area (Å²) in [5.41, 5.74) is 1.37. The summed E-state index contributed by atoms with van der Waals surface area (Å²) in [7, 11) is 0. The van der Waals surface area contributed by atoms with Crippen LogP contribution in [0.15, 0.2) is 42.5 Å². The van der Waals surface area contributed by atoms with Gasteiger partial charge in [-0.1, -0.05) is 12.1 Å². The summed E-state index contributed by atoms with van der Waals surface area (Å²) in [4.78, 5) is 23.8. The molecule has 1 aliphatic rings. The number of hydrogen-bond donors (Lipinski definition) is 1. The monoisotopic (exact) mass is 313 g/mol. The van der Waals surface area contributed by atoms with Crippen LogP contribution in [0.5, 0.6) is 17.2 Å². The molecule has 1 N–H and O–H groups in total. The molecule has 0 bridgehead atoms. The first-order valence-corrected chi connectivity index (χ1v) is 7.07. The molecule has 6 heteroatoms. The molecule has 0 fully saturated rings. The number of aryl methyl sites for hydroxylation is 1. The smallest absolute Gasteiger partial charge is 0.330 e. The van der Waals surface area contributed by atoms with Crippen molar-refractivity contribution in [3.8, 4) is 17.2 Å². The highest BCUT2D eigenvalue weighted by Gasteiger charge is 2.16. The van der Waals surface area contributed by atoms with E-state index in [-0.39, 0.29) is 19.2 Å². The van der Waals surface area contributed by atoms with Crippen molar-refractivity contribution in [1.29, 1.82) is 0 Å². The Morgan fingerprint density at radius 2 is 1.96 bits per heavy atom. The quantitative estimate of drug-likeness (QED) is 0.691. The van der Waals surface area contributed by atoms with Gasteiger partial charge in [0.1, 0.15) is 12.3 Å². The molecular formula is C17H15NO5. The van der Waals surface area contributed by atoms with E-state index in [9.17, 15) is 9.59 Å². The third kappa shape index (κ3) is 3.60. The molecular weight excluding hydrogens is 298 g/mol. The van der Waals surface area contributed by atoms with Crippen molar-refractivity contribution in [2.75, 3.05) is 13.3 Å². The van der Waals surface area contributed by atoms with Crippen molar-refractivity contribution in [1.82, 2.24) is 5.32 Å². The third-order valence-corrected chi connectivity index (χ3v) is 3.25. The lowest BCUT2D eigenvalue weighted by atomic mass is 10.2. The minimum Gasteiger partial charge on any atom is -0.454 e. The fourth-order valence-electron chi connectivity index (χ4n) is 2.14. The highest BCUT2D eigenvalue weighted by molar-refractivity contribution is 5.96. The van der Waals surface area contributed by atoms with Crippen molar-refractivity contribution in [3.05, 3.63) is 53.6 Å². The summed E-state index contributed by atoms with van der Waals surface area (Å²) in [5.74, 6) is 0.641. The number of amides is 1. The van der Waals surface area contributed by atoms with Gasteiger partial charge in [-0.25, -0.2) is 4.79 Å². The molecule has 6 nitrogen and oxygen atoms in total. The highest BCUT2D eigenvalue weighted by atomic mass is 16.7. The number of nitrogens with one attached hydrogen (secondary N) is 1. The van der Waals surface area contributed by atoms with Crippen LogP contribution in [0.2, 0.25) is 0 Å². The van der Waals surface area contributed by atoms with E-state index in [4.69, 9.17) is 14.2 Å². The summed E-state index contributed by atoms with van der Waals surface area (Å²) >= 11 is 0. The van der Waals surface area contributed by atoms with Crippen molar-refractivity contribution in [3.63, 3.8) is 0 Å². The van der Waals surface area contributed by atoms with Crippen LogP contribution in [0.3, 0.4) is 0 Å². The second kappa shape index (κ2) is 6.39. The van der Waals surface area contributed by atoms with Gasteiger partial charge in [0, 0.05) is 5.56 Å². The van der Waals surface area contributed by atoms with E-state index >= 15 is 0 Å². The zero-order valence-electron chi connectivity index (χ0n) is 12.5. The normalized spacial score (nSPS) is 11.9. The number of carbonyl (C=O) groups is 2. The van der Waals surface area contributed by atoms with Crippen molar-refractivity contribution < 1.29 is 23.8 Å². The fourth-order valence-corrected chi connectivity index (χ4v) is 2.14. The minimum absolute atomic E-state index is 0.142. The van der Waals surface area contributed by atoms with E-state index < -0.39 is 5.97 Å². The van der Waals surface area contributed by atoms with Gasteiger partial charge in [0.15, 0.2) is 11.5 Å². The van der Waals surface area contributed by atoms with Gasteiger partial charge < -0.3 is 19.5 Å². The van der Waals surface area contributed by atoms with Gasteiger partial charge in [0.05, 0.1) is 0 Å². The van der Waals surface area contributed by atoms with Gasteiger partial charge >= 0.3 is 5.97 Å². The average molecular weight is 313 g/mol. The fraction of sp³-hybridized carbons (Fsp3) is 0.176. The highest BCUT2D eigenvalue weighted by Crippen LogP contribution is 2.32. The molecule has 0 unspecified atom stereocenters. The van der Waals surface area contributed by atoms with E-state index in [0.29, 0.717) is 22.8 Å². The Kier molecular flexibility index (Phi) is 4.14. The van der Waals surface area contributed by atoms with Gasteiger partial charge in [-0.05, 0) is 42.8 Å². The molecule has 0 atom stereocenters. The molecule has 1 heterocycles. The Hall–Kier alpha value is -3.02. The molecule has 0 radical (unpaired) electrons. The van der Waals surface area contributed by atoms with E-state index in [1.807, 2.05) is 13.0 Å². The van der Waals surface area contributed by atoms with Crippen LogP contribution in [0, 0.1) is 6.92 Å². The van der Waals surface area contributed by atoms with Gasteiger partial charge in [-0.2, -0.15) is 0 Å². The zero-order chi connectivity index (χ0) is 16.2. The van der Waals surface area contributed by atoms with Crippen LogP contribution in [-0.4, -0.2) is 25.2 Å². The maximum Gasteiger partial charge on any atom is 0.330 e. The zero-order valence-corrected chi connectivity index (χ0v) is 12.5. The largest absolute Gasteiger partial charge is 0.454 e.